The van der Waals surface area contributed by atoms with Crippen molar-refractivity contribution < 1.29 is 0 Å². The van der Waals surface area contributed by atoms with Gasteiger partial charge in [-0.1, -0.05) is 36.4 Å². The molecule has 1 heterocycles. The number of benzene rings is 2. The molecule has 86 valence electrons. The minimum absolute atomic E-state index is 0.453. The number of aromatic nitrogens is 1. The summed E-state index contributed by atoms with van der Waals surface area (Å²) in [6.07, 6.45) is 0.453. The van der Waals surface area contributed by atoms with Crippen molar-refractivity contribution in [1.82, 2.24) is 4.98 Å². The van der Waals surface area contributed by atoms with Gasteiger partial charge >= 0.3 is 0 Å². The van der Waals surface area contributed by atoms with Crippen LogP contribution in [0.3, 0.4) is 0 Å². The van der Waals surface area contributed by atoms with Gasteiger partial charge in [0.15, 0.2) is 0 Å². The number of rotatable bonds is 2. The average molecular weight is 250 g/mol. The van der Waals surface area contributed by atoms with E-state index in [2.05, 4.69) is 29.3 Å². The lowest BCUT2D eigenvalue weighted by molar-refractivity contribution is 1.27. The molecule has 0 aliphatic heterocycles. The zero-order valence-corrected chi connectivity index (χ0v) is 10.4. The molecule has 0 amide bonds. The van der Waals surface area contributed by atoms with Gasteiger partial charge in [0.05, 0.1) is 22.7 Å². The number of nitriles is 1. The average Bonchev–Trinajstić information content (AvgIpc) is 2.83. The van der Waals surface area contributed by atoms with Crippen LogP contribution in [0, 0.1) is 11.3 Å². The summed E-state index contributed by atoms with van der Waals surface area (Å²) in [5.74, 6) is 0. The summed E-state index contributed by atoms with van der Waals surface area (Å²) in [5.41, 5.74) is 3.19. The lowest BCUT2D eigenvalue weighted by Crippen LogP contribution is -1.79. The normalized spacial score (nSPS) is 10.4. The molecule has 0 aliphatic rings. The molecule has 0 radical (unpaired) electrons. The van der Waals surface area contributed by atoms with Crippen molar-refractivity contribution in [2.24, 2.45) is 0 Å². The van der Waals surface area contributed by atoms with Crippen LogP contribution in [0.1, 0.15) is 5.56 Å². The molecule has 1 aromatic heterocycles. The van der Waals surface area contributed by atoms with Gasteiger partial charge in [-0.3, -0.25) is 0 Å². The van der Waals surface area contributed by atoms with Crippen molar-refractivity contribution in [2.75, 3.05) is 0 Å². The zero-order valence-electron chi connectivity index (χ0n) is 9.63. The third-order valence-corrected chi connectivity index (χ3v) is 3.82. The quantitative estimate of drug-likeness (QED) is 0.688. The first-order valence-corrected chi connectivity index (χ1v) is 6.50. The van der Waals surface area contributed by atoms with Crippen LogP contribution in [0.4, 0.5) is 0 Å². The summed E-state index contributed by atoms with van der Waals surface area (Å²) >= 11 is 1.67. The molecule has 0 N–H and O–H groups in total. The van der Waals surface area contributed by atoms with Gasteiger partial charge in [-0.25, -0.2) is 4.98 Å². The Labute approximate surface area is 109 Å². The van der Waals surface area contributed by atoms with Gasteiger partial charge in [0.1, 0.15) is 5.01 Å². The van der Waals surface area contributed by atoms with Crippen molar-refractivity contribution in [3.05, 3.63) is 54.1 Å². The Hall–Kier alpha value is -2.18. The fourth-order valence-corrected chi connectivity index (χ4v) is 2.91. The highest BCUT2D eigenvalue weighted by atomic mass is 32.1. The van der Waals surface area contributed by atoms with Crippen LogP contribution in [0.15, 0.2) is 48.5 Å². The van der Waals surface area contributed by atoms with Crippen molar-refractivity contribution in [2.45, 2.75) is 6.42 Å². The second-order valence-corrected chi connectivity index (χ2v) is 5.05. The fourth-order valence-electron chi connectivity index (χ4n) is 1.87. The van der Waals surface area contributed by atoms with Crippen LogP contribution in [-0.2, 0) is 6.42 Å². The lowest BCUT2D eigenvalue weighted by Gasteiger charge is -1.92. The van der Waals surface area contributed by atoms with E-state index in [9.17, 15) is 0 Å². The third-order valence-electron chi connectivity index (χ3n) is 2.76. The molecule has 2 nitrogen and oxygen atoms in total. The highest BCUT2D eigenvalue weighted by Crippen LogP contribution is 2.30. The number of thiazole rings is 1. The van der Waals surface area contributed by atoms with Crippen LogP contribution < -0.4 is 0 Å². The summed E-state index contributed by atoms with van der Waals surface area (Å²) in [4.78, 5) is 4.62. The maximum atomic E-state index is 8.71. The summed E-state index contributed by atoms with van der Waals surface area (Å²) in [6.45, 7) is 0. The second-order valence-electron chi connectivity index (χ2n) is 4.02. The predicted molar refractivity (Wildman–Crippen MR) is 74.4 cm³/mol. The maximum Gasteiger partial charge on any atom is 0.124 e. The van der Waals surface area contributed by atoms with Crippen molar-refractivity contribution in [3.8, 4) is 16.6 Å². The van der Waals surface area contributed by atoms with Crippen molar-refractivity contribution in [3.63, 3.8) is 0 Å². The van der Waals surface area contributed by atoms with E-state index in [0.29, 0.717) is 6.42 Å². The van der Waals surface area contributed by atoms with E-state index in [4.69, 9.17) is 5.26 Å². The van der Waals surface area contributed by atoms with E-state index in [1.807, 2.05) is 30.3 Å². The minimum Gasteiger partial charge on any atom is -0.236 e. The van der Waals surface area contributed by atoms with Gasteiger partial charge in [-0.15, -0.1) is 11.3 Å². The zero-order chi connectivity index (χ0) is 12.4. The Bertz CT molecular complexity index is 723. The lowest BCUT2D eigenvalue weighted by atomic mass is 10.1. The Morgan fingerprint density at radius 2 is 1.94 bits per heavy atom. The topological polar surface area (TPSA) is 36.7 Å². The standard InChI is InChI=1S/C15H10N2S/c16-9-8-11-6-7-13-14(10-11)18-15(17-13)12-4-2-1-3-5-12/h1-7,10H,8H2. The van der Waals surface area contributed by atoms with Gasteiger partial charge in [0, 0.05) is 5.56 Å². The van der Waals surface area contributed by atoms with E-state index in [-0.39, 0.29) is 0 Å². The first kappa shape index (κ1) is 10.9. The molecule has 0 saturated heterocycles. The van der Waals surface area contributed by atoms with Gasteiger partial charge < -0.3 is 0 Å². The third kappa shape index (κ3) is 1.99. The number of fused-ring (bicyclic) bond motifs is 1. The summed E-state index contributed by atoms with van der Waals surface area (Å²) in [7, 11) is 0. The second kappa shape index (κ2) is 4.59. The van der Waals surface area contributed by atoms with Crippen LogP contribution in [0.2, 0.25) is 0 Å². The highest BCUT2D eigenvalue weighted by Gasteiger charge is 2.06. The monoisotopic (exact) mass is 250 g/mol. The molecular weight excluding hydrogens is 240 g/mol. The Balaban J connectivity index is 2.09. The predicted octanol–water partition coefficient (Wildman–Crippen LogP) is 4.03. The molecule has 0 spiro atoms. The fraction of sp³-hybridized carbons (Fsp3) is 0.0667. The Kier molecular flexibility index (Phi) is 2.79. The highest BCUT2D eigenvalue weighted by molar-refractivity contribution is 7.21. The number of nitrogens with zero attached hydrogens (tertiary/aromatic N) is 2. The molecule has 0 unspecified atom stereocenters. The summed E-state index contributed by atoms with van der Waals surface area (Å²) in [5, 5.41) is 9.74. The summed E-state index contributed by atoms with van der Waals surface area (Å²) < 4.78 is 1.14. The maximum absolute atomic E-state index is 8.71. The van der Waals surface area contributed by atoms with E-state index in [0.717, 1.165) is 26.4 Å². The van der Waals surface area contributed by atoms with E-state index in [1.165, 1.54) is 0 Å². The van der Waals surface area contributed by atoms with Crippen LogP contribution in [-0.4, -0.2) is 4.98 Å². The van der Waals surface area contributed by atoms with Crippen molar-refractivity contribution >= 4 is 21.6 Å². The van der Waals surface area contributed by atoms with Gasteiger partial charge in [0.2, 0.25) is 0 Å². The van der Waals surface area contributed by atoms with Gasteiger partial charge in [0.25, 0.3) is 0 Å². The first-order chi connectivity index (χ1) is 8.86. The molecule has 3 rings (SSSR count). The molecule has 3 aromatic rings. The van der Waals surface area contributed by atoms with E-state index < -0.39 is 0 Å². The van der Waals surface area contributed by atoms with Crippen LogP contribution in [0.5, 0.6) is 0 Å². The van der Waals surface area contributed by atoms with Crippen LogP contribution in [0.25, 0.3) is 20.8 Å². The Morgan fingerprint density at radius 1 is 1.11 bits per heavy atom. The minimum atomic E-state index is 0.453. The van der Waals surface area contributed by atoms with E-state index in [1.54, 1.807) is 11.3 Å². The summed E-state index contributed by atoms with van der Waals surface area (Å²) in [6, 6.07) is 18.4. The molecule has 0 bridgehead atoms. The molecule has 0 atom stereocenters. The van der Waals surface area contributed by atoms with E-state index >= 15 is 0 Å². The Morgan fingerprint density at radius 3 is 2.72 bits per heavy atom. The van der Waals surface area contributed by atoms with Gasteiger partial charge in [-0.2, -0.15) is 5.26 Å². The molecule has 18 heavy (non-hydrogen) atoms. The SMILES string of the molecule is N#CCc1ccc2nc(-c3ccccc3)sc2c1. The number of hydrogen-bond acceptors (Lipinski definition) is 3. The molecule has 3 heteroatoms. The molecule has 0 aliphatic carbocycles. The molecule has 0 fully saturated rings. The van der Waals surface area contributed by atoms with Gasteiger partial charge in [-0.05, 0) is 17.7 Å². The molecule has 2 aromatic carbocycles. The molecular formula is C15H10N2S. The molecule has 0 saturated carbocycles. The largest absolute Gasteiger partial charge is 0.236 e. The smallest absolute Gasteiger partial charge is 0.124 e. The van der Waals surface area contributed by atoms with Crippen LogP contribution >= 0.6 is 11.3 Å². The first-order valence-electron chi connectivity index (χ1n) is 5.68. The van der Waals surface area contributed by atoms with Crippen molar-refractivity contribution in [1.29, 1.82) is 5.26 Å². The number of hydrogen-bond donors (Lipinski definition) is 0.